The number of benzene rings is 2. The van der Waals surface area contributed by atoms with Gasteiger partial charge in [0.25, 0.3) is 0 Å². The highest BCUT2D eigenvalue weighted by atomic mass is 16.6. The first-order valence-corrected chi connectivity index (χ1v) is 7.94. The number of hydrogen-bond acceptors (Lipinski definition) is 4. The van der Waals surface area contributed by atoms with Gasteiger partial charge in [0.15, 0.2) is 0 Å². The van der Waals surface area contributed by atoms with Crippen molar-refractivity contribution in [3.05, 3.63) is 83.9 Å². The van der Waals surface area contributed by atoms with Gasteiger partial charge in [-0.25, -0.2) is 9.59 Å². The third-order valence-electron chi connectivity index (χ3n) is 3.47. The summed E-state index contributed by atoms with van der Waals surface area (Å²) in [6, 6.07) is 18.2. The largest absolute Gasteiger partial charge is 0.467 e. The Kier molecular flexibility index (Phi) is 7.25. The molecular formula is C20H21NO4. The lowest BCUT2D eigenvalue weighted by Gasteiger charge is -2.13. The van der Waals surface area contributed by atoms with Crippen LogP contribution in [0.15, 0.2) is 72.8 Å². The smallest absolute Gasteiger partial charge is 0.408 e. The molecule has 1 amide bonds. The fourth-order valence-corrected chi connectivity index (χ4v) is 2.16. The van der Waals surface area contributed by atoms with E-state index < -0.39 is 18.1 Å². The third-order valence-corrected chi connectivity index (χ3v) is 3.47. The van der Waals surface area contributed by atoms with E-state index in [1.807, 2.05) is 66.7 Å². The summed E-state index contributed by atoms with van der Waals surface area (Å²) in [6.45, 7) is 0.133. The lowest BCUT2D eigenvalue weighted by atomic mass is 10.1. The topological polar surface area (TPSA) is 64.6 Å². The van der Waals surface area contributed by atoms with E-state index in [2.05, 4.69) is 5.32 Å². The van der Waals surface area contributed by atoms with Gasteiger partial charge in [-0.15, -0.1) is 0 Å². The summed E-state index contributed by atoms with van der Waals surface area (Å²) in [6.07, 6.45) is 3.38. The van der Waals surface area contributed by atoms with Gasteiger partial charge in [0, 0.05) is 0 Å². The van der Waals surface area contributed by atoms with Gasteiger partial charge < -0.3 is 14.8 Å². The summed E-state index contributed by atoms with van der Waals surface area (Å²) in [5.74, 6) is -0.555. The van der Waals surface area contributed by atoms with E-state index in [9.17, 15) is 9.59 Å². The molecule has 0 aromatic heterocycles. The first-order valence-electron chi connectivity index (χ1n) is 7.94. The number of rotatable bonds is 7. The molecule has 0 saturated heterocycles. The van der Waals surface area contributed by atoms with Crippen molar-refractivity contribution in [2.24, 2.45) is 0 Å². The second-order valence-corrected chi connectivity index (χ2v) is 5.32. The molecule has 0 heterocycles. The molecule has 0 fully saturated rings. The van der Waals surface area contributed by atoms with Gasteiger partial charge in [0.05, 0.1) is 7.11 Å². The Morgan fingerprint density at radius 2 is 1.60 bits per heavy atom. The monoisotopic (exact) mass is 339 g/mol. The molecule has 0 aliphatic carbocycles. The molecule has 1 atom stereocenters. The normalized spacial score (nSPS) is 11.7. The molecule has 5 nitrogen and oxygen atoms in total. The van der Waals surface area contributed by atoms with Crippen LogP contribution in [0.4, 0.5) is 4.79 Å². The average molecular weight is 339 g/mol. The maximum atomic E-state index is 11.9. The van der Waals surface area contributed by atoms with Gasteiger partial charge in [0.1, 0.15) is 12.6 Å². The predicted molar refractivity (Wildman–Crippen MR) is 94.9 cm³/mol. The van der Waals surface area contributed by atoms with Gasteiger partial charge in [-0.1, -0.05) is 72.8 Å². The van der Waals surface area contributed by atoms with E-state index in [0.29, 0.717) is 6.42 Å². The van der Waals surface area contributed by atoms with Crippen molar-refractivity contribution in [3.8, 4) is 0 Å². The summed E-state index contributed by atoms with van der Waals surface area (Å²) in [4.78, 5) is 23.7. The summed E-state index contributed by atoms with van der Waals surface area (Å²) in [5.41, 5.74) is 1.97. The van der Waals surface area contributed by atoms with Crippen molar-refractivity contribution in [1.82, 2.24) is 5.32 Å². The van der Waals surface area contributed by atoms with E-state index in [1.165, 1.54) is 7.11 Å². The molecule has 0 saturated carbocycles. The molecule has 130 valence electrons. The van der Waals surface area contributed by atoms with Crippen molar-refractivity contribution in [3.63, 3.8) is 0 Å². The summed E-state index contributed by atoms with van der Waals surface area (Å²) in [7, 11) is 1.28. The first kappa shape index (κ1) is 18.3. The van der Waals surface area contributed by atoms with E-state index in [0.717, 1.165) is 11.1 Å². The standard InChI is InChI=1S/C20H21NO4/c1-24-19(22)18(14-8-13-16-9-4-2-5-10-16)21-20(23)25-15-17-11-6-3-7-12-17/h2-12,14,18H,13,15H2,1H3,(H,21,23)/b14-8+. The van der Waals surface area contributed by atoms with Crippen LogP contribution in [0.3, 0.4) is 0 Å². The predicted octanol–water partition coefficient (Wildman–Crippen LogP) is 3.25. The van der Waals surface area contributed by atoms with Crippen LogP contribution in [0.1, 0.15) is 11.1 Å². The minimum atomic E-state index is -0.892. The highest BCUT2D eigenvalue weighted by molar-refractivity contribution is 5.83. The first-order chi connectivity index (χ1) is 12.2. The number of methoxy groups -OCH3 is 1. The number of nitrogens with one attached hydrogen (secondary N) is 1. The molecule has 0 spiro atoms. The fraction of sp³-hybridized carbons (Fsp3) is 0.200. The van der Waals surface area contributed by atoms with Gasteiger partial charge in [-0.2, -0.15) is 0 Å². The number of ether oxygens (including phenoxy) is 2. The maximum absolute atomic E-state index is 11.9. The summed E-state index contributed by atoms with van der Waals surface area (Å²) >= 11 is 0. The van der Waals surface area contributed by atoms with E-state index in [1.54, 1.807) is 6.08 Å². The van der Waals surface area contributed by atoms with Crippen molar-refractivity contribution in [1.29, 1.82) is 0 Å². The molecule has 0 bridgehead atoms. The molecule has 0 aliphatic rings. The second-order valence-electron chi connectivity index (χ2n) is 5.32. The average Bonchev–Trinajstić information content (AvgIpc) is 2.66. The van der Waals surface area contributed by atoms with Gasteiger partial charge in [-0.3, -0.25) is 0 Å². The Morgan fingerprint density at radius 3 is 2.20 bits per heavy atom. The summed E-state index contributed by atoms with van der Waals surface area (Å²) in [5, 5.41) is 2.50. The Labute approximate surface area is 147 Å². The minimum absolute atomic E-state index is 0.133. The minimum Gasteiger partial charge on any atom is -0.467 e. The van der Waals surface area contributed by atoms with Crippen LogP contribution in [0.25, 0.3) is 0 Å². The maximum Gasteiger partial charge on any atom is 0.408 e. The number of carbonyl (C=O) groups is 2. The lowest BCUT2D eigenvalue weighted by molar-refractivity contribution is -0.141. The van der Waals surface area contributed by atoms with Crippen LogP contribution in [-0.4, -0.2) is 25.2 Å². The second kappa shape index (κ2) is 9.93. The fourth-order valence-electron chi connectivity index (χ4n) is 2.16. The number of alkyl carbamates (subject to hydrolysis) is 1. The Balaban J connectivity index is 1.88. The number of amides is 1. The van der Waals surface area contributed by atoms with Crippen molar-refractivity contribution in [2.45, 2.75) is 19.1 Å². The van der Waals surface area contributed by atoms with E-state index in [-0.39, 0.29) is 6.61 Å². The van der Waals surface area contributed by atoms with E-state index >= 15 is 0 Å². The van der Waals surface area contributed by atoms with Gasteiger partial charge in [0.2, 0.25) is 0 Å². The highest BCUT2D eigenvalue weighted by Crippen LogP contribution is 2.03. The van der Waals surface area contributed by atoms with Crippen LogP contribution in [0.2, 0.25) is 0 Å². The zero-order chi connectivity index (χ0) is 17.9. The third kappa shape index (κ3) is 6.51. The van der Waals surface area contributed by atoms with Gasteiger partial charge in [-0.05, 0) is 17.5 Å². The number of carbonyl (C=O) groups excluding carboxylic acids is 2. The zero-order valence-corrected chi connectivity index (χ0v) is 14.1. The number of allylic oxidation sites excluding steroid dienone is 1. The Bertz CT molecular complexity index is 698. The quantitative estimate of drug-likeness (QED) is 0.621. The van der Waals surface area contributed by atoms with Crippen molar-refractivity contribution < 1.29 is 19.1 Å². The Morgan fingerprint density at radius 1 is 1.00 bits per heavy atom. The summed E-state index contributed by atoms with van der Waals surface area (Å²) < 4.78 is 9.84. The molecule has 2 aromatic rings. The van der Waals surface area contributed by atoms with Crippen molar-refractivity contribution >= 4 is 12.1 Å². The Hall–Kier alpha value is -3.08. The molecule has 2 aromatic carbocycles. The van der Waals surface area contributed by atoms with Crippen LogP contribution < -0.4 is 5.32 Å². The number of esters is 1. The van der Waals surface area contributed by atoms with Crippen LogP contribution in [-0.2, 0) is 27.3 Å². The van der Waals surface area contributed by atoms with Crippen LogP contribution in [0, 0.1) is 0 Å². The highest BCUT2D eigenvalue weighted by Gasteiger charge is 2.19. The molecule has 1 unspecified atom stereocenters. The van der Waals surface area contributed by atoms with Gasteiger partial charge >= 0.3 is 12.1 Å². The number of hydrogen-bond donors (Lipinski definition) is 1. The molecule has 1 N–H and O–H groups in total. The molecule has 5 heteroatoms. The molecule has 0 radical (unpaired) electrons. The van der Waals surface area contributed by atoms with E-state index in [4.69, 9.17) is 9.47 Å². The molecule has 0 aliphatic heterocycles. The SMILES string of the molecule is COC(=O)C(/C=C/Cc1ccccc1)NC(=O)OCc1ccccc1. The van der Waals surface area contributed by atoms with Crippen LogP contribution in [0.5, 0.6) is 0 Å². The molecular weight excluding hydrogens is 318 g/mol. The lowest BCUT2D eigenvalue weighted by Crippen LogP contribution is -2.40. The molecule has 2 rings (SSSR count). The molecule has 25 heavy (non-hydrogen) atoms. The van der Waals surface area contributed by atoms with Crippen molar-refractivity contribution in [2.75, 3.05) is 7.11 Å². The van der Waals surface area contributed by atoms with Crippen LogP contribution >= 0.6 is 0 Å². The zero-order valence-electron chi connectivity index (χ0n) is 14.1.